The maximum atomic E-state index is 13.2. The zero-order chi connectivity index (χ0) is 21.2. The number of imide groups is 1. The van der Waals surface area contributed by atoms with E-state index in [1.54, 1.807) is 5.32 Å². The second-order valence-corrected chi connectivity index (χ2v) is 6.65. The normalized spacial score (nSPS) is 19.7. The van der Waals surface area contributed by atoms with Gasteiger partial charge in [-0.25, -0.2) is 4.79 Å². The number of nitro groups is 1. The van der Waals surface area contributed by atoms with Gasteiger partial charge in [-0.2, -0.15) is 13.2 Å². The minimum absolute atomic E-state index is 0.0162. The fourth-order valence-corrected chi connectivity index (χ4v) is 3.07. The van der Waals surface area contributed by atoms with Crippen molar-refractivity contribution in [3.05, 3.63) is 27.3 Å². The lowest BCUT2D eigenvalue weighted by Gasteiger charge is -2.26. The first kappa shape index (κ1) is 21.3. The van der Waals surface area contributed by atoms with E-state index in [1.807, 2.05) is 6.92 Å². The highest BCUT2D eigenvalue weighted by Crippen LogP contribution is 2.45. The summed E-state index contributed by atoms with van der Waals surface area (Å²) >= 11 is 0. The fraction of sp³-hybridized carbons (Fsp3) is 0.500. The quantitative estimate of drug-likeness (QED) is 0.346. The van der Waals surface area contributed by atoms with Crippen LogP contribution in [0.2, 0.25) is 0 Å². The van der Waals surface area contributed by atoms with E-state index >= 15 is 0 Å². The van der Waals surface area contributed by atoms with Gasteiger partial charge in [0.1, 0.15) is 5.56 Å². The number of nitro benzene ring substituents is 1. The second kappa shape index (κ2) is 7.90. The molecule has 0 bridgehead atoms. The van der Waals surface area contributed by atoms with Gasteiger partial charge in [-0.3, -0.25) is 20.2 Å². The van der Waals surface area contributed by atoms with Crippen molar-refractivity contribution in [2.75, 3.05) is 0 Å². The highest BCUT2D eigenvalue weighted by Gasteiger charge is 2.43. The third-order valence-electron chi connectivity index (χ3n) is 4.55. The molecular formula is C16H18F3N3O6. The average molecular weight is 405 g/mol. The van der Waals surface area contributed by atoms with Crippen molar-refractivity contribution in [1.82, 2.24) is 10.6 Å². The van der Waals surface area contributed by atoms with Gasteiger partial charge in [0.15, 0.2) is 5.75 Å². The van der Waals surface area contributed by atoms with Crippen LogP contribution in [0.15, 0.2) is 6.07 Å². The Bertz CT molecular complexity index is 804. The van der Waals surface area contributed by atoms with Crippen molar-refractivity contribution < 1.29 is 37.9 Å². The number of phenolic OH excluding ortho intramolecular Hbond substituents is 2. The number of phenols is 2. The van der Waals surface area contributed by atoms with E-state index in [0.717, 1.165) is 12.8 Å². The summed E-state index contributed by atoms with van der Waals surface area (Å²) in [5, 5.41) is 34.1. The van der Waals surface area contributed by atoms with Gasteiger partial charge in [-0.15, -0.1) is 0 Å². The fourth-order valence-electron chi connectivity index (χ4n) is 3.07. The van der Waals surface area contributed by atoms with E-state index in [4.69, 9.17) is 0 Å². The van der Waals surface area contributed by atoms with Crippen molar-refractivity contribution >= 4 is 17.6 Å². The molecule has 2 rings (SSSR count). The number of carbonyl (C=O) groups is 2. The molecule has 1 aromatic rings. The molecule has 0 saturated heterocycles. The number of amides is 3. The van der Waals surface area contributed by atoms with Crippen LogP contribution in [0.3, 0.4) is 0 Å². The molecule has 3 amide bonds. The smallest absolute Gasteiger partial charge is 0.417 e. The number of alkyl halides is 3. The Balaban J connectivity index is 2.32. The van der Waals surface area contributed by atoms with Crippen LogP contribution in [0.25, 0.3) is 0 Å². The van der Waals surface area contributed by atoms with Gasteiger partial charge in [0.05, 0.1) is 10.5 Å². The van der Waals surface area contributed by atoms with E-state index < -0.39 is 51.4 Å². The zero-order valence-corrected chi connectivity index (χ0v) is 14.7. The maximum Gasteiger partial charge on any atom is 0.417 e. The Morgan fingerprint density at radius 2 is 1.79 bits per heavy atom. The summed E-state index contributed by atoms with van der Waals surface area (Å²) in [5.41, 5.74) is -5.07. The van der Waals surface area contributed by atoms with Crippen molar-refractivity contribution in [2.24, 2.45) is 5.92 Å². The number of hydrogen-bond acceptors (Lipinski definition) is 6. The van der Waals surface area contributed by atoms with E-state index in [2.05, 4.69) is 5.32 Å². The molecule has 0 radical (unpaired) electrons. The van der Waals surface area contributed by atoms with Crippen molar-refractivity contribution in [3.63, 3.8) is 0 Å². The van der Waals surface area contributed by atoms with Gasteiger partial charge in [0.25, 0.3) is 5.91 Å². The summed E-state index contributed by atoms with van der Waals surface area (Å²) in [6.45, 7) is 2.04. The molecule has 0 atom stereocenters. The van der Waals surface area contributed by atoms with E-state index in [1.165, 1.54) is 0 Å². The molecule has 1 fully saturated rings. The molecule has 1 aromatic carbocycles. The number of benzene rings is 1. The lowest BCUT2D eigenvalue weighted by molar-refractivity contribution is -0.386. The van der Waals surface area contributed by atoms with Crippen LogP contribution in [-0.4, -0.2) is 33.1 Å². The van der Waals surface area contributed by atoms with Crippen LogP contribution in [0, 0.1) is 16.0 Å². The number of halogens is 3. The molecule has 1 aliphatic carbocycles. The number of hydrogen-bond donors (Lipinski definition) is 4. The van der Waals surface area contributed by atoms with E-state index in [9.17, 15) is 43.1 Å². The molecule has 0 spiro atoms. The molecule has 0 aliphatic heterocycles. The molecule has 154 valence electrons. The van der Waals surface area contributed by atoms with Gasteiger partial charge in [0.2, 0.25) is 5.75 Å². The van der Waals surface area contributed by atoms with E-state index in [-0.39, 0.29) is 12.1 Å². The number of urea groups is 1. The van der Waals surface area contributed by atoms with Crippen LogP contribution in [0.5, 0.6) is 11.5 Å². The van der Waals surface area contributed by atoms with Gasteiger partial charge in [-0.05, 0) is 37.7 Å². The Morgan fingerprint density at radius 1 is 1.21 bits per heavy atom. The highest BCUT2D eigenvalue weighted by atomic mass is 19.4. The van der Waals surface area contributed by atoms with Crippen molar-refractivity contribution in [1.29, 1.82) is 0 Å². The predicted molar refractivity (Wildman–Crippen MR) is 88.8 cm³/mol. The second-order valence-electron chi connectivity index (χ2n) is 6.65. The molecule has 0 aromatic heterocycles. The van der Waals surface area contributed by atoms with Gasteiger partial charge in [-0.1, -0.05) is 6.92 Å². The Kier molecular flexibility index (Phi) is 6.00. The largest absolute Gasteiger partial charge is 0.504 e. The third kappa shape index (κ3) is 4.61. The van der Waals surface area contributed by atoms with Crippen LogP contribution in [0.4, 0.5) is 23.7 Å². The third-order valence-corrected chi connectivity index (χ3v) is 4.55. The predicted octanol–water partition coefficient (Wildman–Crippen LogP) is 3.04. The first-order chi connectivity index (χ1) is 12.9. The number of aromatic hydroxyl groups is 2. The van der Waals surface area contributed by atoms with Crippen LogP contribution in [0.1, 0.15) is 48.5 Å². The summed E-state index contributed by atoms with van der Waals surface area (Å²) in [5.74, 6) is -4.18. The van der Waals surface area contributed by atoms with Crippen LogP contribution < -0.4 is 10.6 Å². The molecule has 4 N–H and O–H groups in total. The first-order valence-electron chi connectivity index (χ1n) is 8.34. The summed E-state index contributed by atoms with van der Waals surface area (Å²) in [7, 11) is 0. The first-order valence-corrected chi connectivity index (χ1v) is 8.34. The van der Waals surface area contributed by atoms with Crippen molar-refractivity contribution in [3.8, 4) is 11.5 Å². The van der Waals surface area contributed by atoms with Crippen LogP contribution >= 0.6 is 0 Å². The Morgan fingerprint density at radius 3 is 2.29 bits per heavy atom. The van der Waals surface area contributed by atoms with Gasteiger partial charge < -0.3 is 15.5 Å². The van der Waals surface area contributed by atoms with Crippen molar-refractivity contribution in [2.45, 2.75) is 44.8 Å². The number of nitrogens with one attached hydrogen (secondary N) is 2. The summed E-state index contributed by atoms with van der Waals surface area (Å²) in [4.78, 5) is 33.9. The molecule has 9 nitrogen and oxygen atoms in total. The average Bonchev–Trinajstić information content (AvgIpc) is 2.57. The van der Waals surface area contributed by atoms with Gasteiger partial charge in [0, 0.05) is 6.04 Å². The number of nitrogens with zero attached hydrogens (tertiary/aromatic N) is 1. The summed E-state index contributed by atoms with van der Waals surface area (Å²) < 4.78 is 39.6. The minimum Gasteiger partial charge on any atom is -0.504 e. The van der Waals surface area contributed by atoms with Crippen LogP contribution in [-0.2, 0) is 6.18 Å². The monoisotopic (exact) mass is 405 g/mol. The lowest BCUT2D eigenvalue weighted by atomic mass is 9.87. The molecule has 1 saturated carbocycles. The van der Waals surface area contributed by atoms with E-state index in [0.29, 0.717) is 18.8 Å². The maximum absolute atomic E-state index is 13.2. The summed E-state index contributed by atoms with van der Waals surface area (Å²) in [6.07, 6.45) is -2.37. The molecule has 1 aliphatic rings. The highest BCUT2D eigenvalue weighted by molar-refractivity contribution is 6.08. The Labute approximate surface area is 156 Å². The minimum atomic E-state index is -5.27. The number of rotatable bonds is 3. The molecule has 28 heavy (non-hydrogen) atoms. The lowest BCUT2D eigenvalue weighted by Crippen LogP contribution is -2.46. The molecule has 12 heteroatoms. The molecule has 0 heterocycles. The van der Waals surface area contributed by atoms with Gasteiger partial charge >= 0.3 is 17.9 Å². The molecule has 0 unspecified atom stereocenters. The topological polar surface area (TPSA) is 142 Å². The SMILES string of the molecule is CC1CCC(NC(=O)NC(=O)c2c(C(F)(F)F)cc(O)c(O)c2[N+](=O)[O-])CC1. The summed E-state index contributed by atoms with van der Waals surface area (Å²) in [6, 6.07) is -1.41. The molecular weight excluding hydrogens is 387 g/mol. The standard InChI is InChI=1S/C16H18F3N3O6/c1-7-2-4-8(5-3-7)20-15(26)21-14(25)11-9(16(17,18)19)6-10(23)13(24)12(11)22(27)28/h6-8,23-24H,2-5H2,1H3,(H2,20,21,25,26). The number of carbonyl (C=O) groups excluding carboxylic acids is 2. The Hall–Kier alpha value is -3.05. The zero-order valence-electron chi connectivity index (χ0n) is 14.7.